The number of nitrogens with zero attached hydrogens (tertiary/aromatic N) is 1. The van der Waals surface area contributed by atoms with Crippen LogP contribution in [0.1, 0.15) is 40.9 Å². The quantitative estimate of drug-likeness (QED) is 0.815. The highest BCUT2D eigenvalue weighted by atomic mass is 32.1. The summed E-state index contributed by atoms with van der Waals surface area (Å²) in [6, 6.07) is 10.3. The summed E-state index contributed by atoms with van der Waals surface area (Å²) < 4.78 is 0. The van der Waals surface area contributed by atoms with E-state index in [0.29, 0.717) is 5.92 Å². The molecule has 0 saturated heterocycles. The minimum Gasteiger partial charge on any atom is -0.478 e. The van der Waals surface area contributed by atoms with Crippen molar-refractivity contribution >= 4 is 23.4 Å². The van der Waals surface area contributed by atoms with Gasteiger partial charge in [0.15, 0.2) is 0 Å². The molecular weight excluding hydrogens is 282 g/mol. The third kappa shape index (κ3) is 4.53. The van der Waals surface area contributed by atoms with Crippen molar-refractivity contribution in [2.24, 2.45) is 0 Å². The van der Waals surface area contributed by atoms with Crippen LogP contribution in [-0.2, 0) is 17.6 Å². The Kier molecular flexibility index (Phi) is 5.28. The third-order valence-electron chi connectivity index (χ3n) is 3.12. The lowest BCUT2D eigenvalue weighted by atomic mass is 10.1. The van der Waals surface area contributed by atoms with Crippen molar-refractivity contribution in [1.29, 1.82) is 0 Å². The maximum atomic E-state index is 10.7. The van der Waals surface area contributed by atoms with Crippen LogP contribution >= 0.6 is 11.3 Å². The Balaban J connectivity index is 2.13. The van der Waals surface area contributed by atoms with Crippen LogP contribution in [0.4, 0.5) is 0 Å². The van der Waals surface area contributed by atoms with Gasteiger partial charge in [-0.25, -0.2) is 9.78 Å². The molecule has 0 saturated carbocycles. The molecule has 0 atom stereocenters. The van der Waals surface area contributed by atoms with Crippen LogP contribution in [0.5, 0.6) is 0 Å². The van der Waals surface area contributed by atoms with Gasteiger partial charge >= 0.3 is 5.97 Å². The molecule has 0 radical (unpaired) electrons. The van der Waals surface area contributed by atoms with Crippen LogP contribution in [0, 0.1) is 0 Å². The van der Waals surface area contributed by atoms with E-state index in [1.165, 1.54) is 11.6 Å². The normalized spacial score (nSPS) is 11.4. The van der Waals surface area contributed by atoms with Crippen LogP contribution in [0.3, 0.4) is 0 Å². The fraction of sp³-hybridized carbons (Fsp3) is 0.294. The topological polar surface area (TPSA) is 50.2 Å². The van der Waals surface area contributed by atoms with Crippen LogP contribution in [-0.4, -0.2) is 16.1 Å². The summed E-state index contributed by atoms with van der Waals surface area (Å²) in [5, 5.41) is 9.82. The van der Waals surface area contributed by atoms with Crippen molar-refractivity contribution in [2.45, 2.75) is 32.6 Å². The molecule has 0 spiro atoms. The van der Waals surface area contributed by atoms with Crippen molar-refractivity contribution in [3.05, 3.63) is 57.6 Å². The van der Waals surface area contributed by atoms with E-state index < -0.39 is 5.97 Å². The number of hydrogen-bond donors (Lipinski definition) is 1. The SMILES string of the molecule is CC(C)c1nc(CCc2ccccc2)sc1/C=C/C(=O)O. The largest absolute Gasteiger partial charge is 0.478 e. The third-order valence-corrected chi connectivity index (χ3v) is 4.22. The van der Waals surface area contributed by atoms with Crippen molar-refractivity contribution < 1.29 is 9.90 Å². The fourth-order valence-corrected chi connectivity index (χ4v) is 3.20. The van der Waals surface area contributed by atoms with Gasteiger partial charge < -0.3 is 5.11 Å². The van der Waals surface area contributed by atoms with E-state index in [4.69, 9.17) is 5.11 Å². The van der Waals surface area contributed by atoms with E-state index in [-0.39, 0.29) is 0 Å². The highest BCUT2D eigenvalue weighted by Gasteiger charge is 2.12. The maximum absolute atomic E-state index is 10.7. The van der Waals surface area contributed by atoms with E-state index >= 15 is 0 Å². The first-order valence-corrected chi connectivity index (χ1v) is 7.82. The van der Waals surface area contributed by atoms with Crippen LogP contribution in [0.15, 0.2) is 36.4 Å². The van der Waals surface area contributed by atoms with E-state index in [9.17, 15) is 4.79 Å². The van der Waals surface area contributed by atoms with Gasteiger partial charge in [0.25, 0.3) is 0 Å². The predicted octanol–water partition coefficient (Wildman–Crippen LogP) is 4.15. The molecule has 4 heteroatoms. The van der Waals surface area contributed by atoms with Crippen LogP contribution < -0.4 is 0 Å². The smallest absolute Gasteiger partial charge is 0.328 e. The van der Waals surface area contributed by atoms with Crippen molar-refractivity contribution in [3.63, 3.8) is 0 Å². The number of aryl methyl sites for hydroxylation is 2. The Hall–Kier alpha value is -1.94. The number of carbonyl (C=O) groups is 1. The van der Waals surface area contributed by atoms with Gasteiger partial charge in [0, 0.05) is 12.5 Å². The molecule has 0 aliphatic carbocycles. The first-order valence-electron chi connectivity index (χ1n) is 7.01. The molecule has 3 nitrogen and oxygen atoms in total. The lowest BCUT2D eigenvalue weighted by Gasteiger charge is -2.01. The van der Waals surface area contributed by atoms with E-state index in [0.717, 1.165) is 28.4 Å². The van der Waals surface area contributed by atoms with Crippen molar-refractivity contribution in [3.8, 4) is 0 Å². The molecule has 0 amide bonds. The molecule has 0 aliphatic heterocycles. The Morgan fingerprint density at radius 2 is 2.00 bits per heavy atom. The van der Waals surface area contributed by atoms with Gasteiger partial charge in [-0.1, -0.05) is 44.2 Å². The standard InChI is InChI=1S/C17H19NO2S/c1-12(2)17-14(9-11-16(19)20)21-15(18-17)10-8-13-6-4-3-5-7-13/h3-7,9,11-12H,8,10H2,1-2H3,(H,19,20)/b11-9+. The summed E-state index contributed by atoms with van der Waals surface area (Å²) in [7, 11) is 0. The monoisotopic (exact) mass is 301 g/mol. The molecule has 110 valence electrons. The lowest BCUT2D eigenvalue weighted by Crippen LogP contribution is -1.93. The summed E-state index contributed by atoms with van der Waals surface area (Å²) in [5.74, 6) is -0.635. The van der Waals surface area contributed by atoms with Gasteiger partial charge in [0.1, 0.15) is 0 Å². The zero-order chi connectivity index (χ0) is 15.2. The number of aromatic nitrogens is 1. The summed E-state index contributed by atoms with van der Waals surface area (Å²) in [6.07, 6.45) is 4.67. The zero-order valence-corrected chi connectivity index (χ0v) is 13.1. The summed E-state index contributed by atoms with van der Waals surface area (Å²) >= 11 is 1.59. The van der Waals surface area contributed by atoms with E-state index in [1.54, 1.807) is 17.4 Å². The zero-order valence-electron chi connectivity index (χ0n) is 12.2. The minimum absolute atomic E-state index is 0.292. The molecule has 21 heavy (non-hydrogen) atoms. The molecule has 0 unspecified atom stereocenters. The molecule has 0 aliphatic rings. The first-order chi connectivity index (χ1) is 10.1. The van der Waals surface area contributed by atoms with Gasteiger partial charge in [-0.3, -0.25) is 0 Å². The second kappa shape index (κ2) is 7.18. The second-order valence-corrected chi connectivity index (χ2v) is 6.28. The number of thiazole rings is 1. The van der Waals surface area contributed by atoms with Gasteiger partial charge in [-0.05, 0) is 24.0 Å². The molecular formula is C17H19NO2S. The van der Waals surface area contributed by atoms with Gasteiger partial charge in [0.2, 0.25) is 0 Å². The van der Waals surface area contributed by atoms with Gasteiger partial charge in [-0.15, -0.1) is 11.3 Å². The summed E-state index contributed by atoms with van der Waals surface area (Å²) in [4.78, 5) is 16.3. The van der Waals surface area contributed by atoms with E-state index in [1.807, 2.05) is 18.2 Å². The van der Waals surface area contributed by atoms with Crippen molar-refractivity contribution in [2.75, 3.05) is 0 Å². The second-order valence-electron chi connectivity index (χ2n) is 5.17. The molecule has 2 rings (SSSR count). The maximum Gasteiger partial charge on any atom is 0.328 e. The average Bonchev–Trinajstić information content (AvgIpc) is 2.87. The number of rotatable bonds is 6. The Morgan fingerprint density at radius 1 is 1.29 bits per heavy atom. The molecule has 0 fully saturated rings. The molecule has 2 aromatic rings. The highest BCUT2D eigenvalue weighted by Crippen LogP contribution is 2.27. The Morgan fingerprint density at radius 3 is 2.62 bits per heavy atom. The number of benzene rings is 1. The van der Waals surface area contributed by atoms with Gasteiger partial charge in [-0.2, -0.15) is 0 Å². The molecule has 1 heterocycles. The summed E-state index contributed by atoms with van der Waals surface area (Å²) in [5.41, 5.74) is 2.28. The fourth-order valence-electron chi connectivity index (χ4n) is 2.07. The average molecular weight is 301 g/mol. The number of aliphatic carboxylic acids is 1. The first kappa shape index (κ1) is 15.4. The predicted molar refractivity (Wildman–Crippen MR) is 86.7 cm³/mol. The molecule has 1 aromatic carbocycles. The summed E-state index contributed by atoms with van der Waals surface area (Å²) in [6.45, 7) is 4.16. The van der Waals surface area contributed by atoms with E-state index in [2.05, 4.69) is 31.0 Å². The number of hydrogen-bond acceptors (Lipinski definition) is 3. The highest BCUT2D eigenvalue weighted by molar-refractivity contribution is 7.12. The molecule has 0 bridgehead atoms. The van der Waals surface area contributed by atoms with Crippen molar-refractivity contribution in [1.82, 2.24) is 4.98 Å². The lowest BCUT2D eigenvalue weighted by molar-refractivity contribution is -0.131. The number of carboxylic acid groups (broad SMARTS) is 1. The van der Waals surface area contributed by atoms with Gasteiger partial charge in [0.05, 0.1) is 15.6 Å². The van der Waals surface area contributed by atoms with Crippen LogP contribution in [0.25, 0.3) is 6.08 Å². The van der Waals surface area contributed by atoms with Crippen LogP contribution in [0.2, 0.25) is 0 Å². The Bertz CT molecular complexity index is 629. The Labute approximate surface area is 129 Å². The minimum atomic E-state index is -0.927. The molecule has 1 aromatic heterocycles. The number of carboxylic acids is 1. The molecule has 1 N–H and O–H groups in total.